The molecule has 5 nitrogen and oxygen atoms in total. The number of hydrogen-bond donors (Lipinski definition) is 2. The standard InChI is InChI=1S/C22H25N3O2/c1-3-25(4-2)15-11-9-14(10-12-15)20-21-17(13-19(24-20)22(26)27)16-7-5-6-8-18(16)23-21/h5-12,19-20,23-24H,3-4,13H2,1-2H3,(H,26,27)/t19-,20-/m1/s1. The number of H-pyrrole nitrogens is 1. The number of fused-ring (bicyclic) bond motifs is 3. The molecule has 3 aromatic rings. The SMILES string of the molecule is CCN(CC)c1ccc([C@H]2[NH2+][C@@H](C(=O)[O-])Cc3c2[nH]c2ccccc32)cc1. The quantitative estimate of drug-likeness (QED) is 0.718. The highest BCUT2D eigenvalue weighted by molar-refractivity contribution is 5.86. The number of carboxylic acid groups (broad SMARTS) is 1. The molecule has 0 radical (unpaired) electrons. The number of carboxylic acids is 1. The van der Waals surface area contributed by atoms with Gasteiger partial charge in [0.05, 0.1) is 11.7 Å². The number of nitrogens with one attached hydrogen (secondary N) is 1. The van der Waals surface area contributed by atoms with Crippen LogP contribution in [0.4, 0.5) is 5.69 Å². The Morgan fingerprint density at radius 1 is 1.15 bits per heavy atom. The second-order valence-electron chi connectivity index (χ2n) is 7.13. The van der Waals surface area contributed by atoms with Gasteiger partial charge in [-0.25, -0.2) is 0 Å². The monoisotopic (exact) mass is 363 g/mol. The summed E-state index contributed by atoms with van der Waals surface area (Å²) in [5, 5.41) is 14.7. The van der Waals surface area contributed by atoms with Crippen LogP contribution in [0, 0.1) is 0 Å². The Kier molecular flexibility index (Phi) is 4.62. The van der Waals surface area contributed by atoms with Crippen molar-refractivity contribution in [3.8, 4) is 0 Å². The highest BCUT2D eigenvalue weighted by Gasteiger charge is 2.34. The van der Waals surface area contributed by atoms with Crippen LogP contribution >= 0.6 is 0 Å². The van der Waals surface area contributed by atoms with Crippen LogP contribution in [-0.4, -0.2) is 30.1 Å². The first kappa shape index (κ1) is 17.6. The minimum atomic E-state index is -1.00. The minimum Gasteiger partial charge on any atom is -0.544 e. The highest BCUT2D eigenvalue weighted by Crippen LogP contribution is 2.32. The molecule has 0 bridgehead atoms. The molecular formula is C22H25N3O2. The summed E-state index contributed by atoms with van der Waals surface area (Å²) < 4.78 is 0. The van der Waals surface area contributed by atoms with Gasteiger partial charge in [0.2, 0.25) is 0 Å². The molecule has 4 rings (SSSR count). The summed E-state index contributed by atoms with van der Waals surface area (Å²) in [6.07, 6.45) is 0.482. The van der Waals surface area contributed by atoms with E-state index in [0.29, 0.717) is 6.42 Å². The third kappa shape index (κ3) is 3.08. The molecule has 3 N–H and O–H groups in total. The number of carbonyl (C=O) groups is 1. The largest absolute Gasteiger partial charge is 0.544 e. The molecule has 27 heavy (non-hydrogen) atoms. The number of anilines is 1. The van der Waals surface area contributed by atoms with Gasteiger partial charge in [0, 0.05) is 41.7 Å². The van der Waals surface area contributed by atoms with Crippen LogP contribution in [0.5, 0.6) is 0 Å². The van der Waals surface area contributed by atoms with Crippen LogP contribution in [0.15, 0.2) is 48.5 Å². The van der Waals surface area contributed by atoms with Crippen LogP contribution in [0.2, 0.25) is 0 Å². The normalized spacial score (nSPS) is 19.0. The Balaban J connectivity index is 1.77. The third-order valence-corrected chi connectivity index (χ3v) is 5.69. The first-order chi connectivity index (χ1) is 13.1. The zero-order chi connectivity index (χ0) is 19.0. The van der Waals surface area contributed by atoms with Gasteiger partial charge in [-0.15, -0.1) is 0 Å². The van der Waals surface area contributed by atoms with E-state index >= 15 is 0 Å². The lowest BCUT2D eigenvalue weighted by atomic mass is 9.90. The van der Waals surface area contributed by atoms with Gasteiger partial charge >= 0.3 is 0 Å². The molecule has 1 aliphatic heterocycles. The van der Waals surface area contributed by atoms with Gasteiger partial charge in [-0.3, -0.25) is 0 Å². The number of quaternary nitrogens is 1. The maximum atomic E-state index is 11.7. The van der Waals surface area contributed by atoms with Crippen molar-refractivity contribution in [3.63, 3.8) is 0 Å². The summed E-state index contributed by atoms with van der Waals surface area (Å²) >= 11 is 0. The lowest BCUT2D eigenvalue weighted by Gasteiger charge is -2.29. The number of hydrogen-bond acceptors (Lipinski definition) is 3. The van der Waals surface area contributed by atoms with E-state index in [2.05, 4.69) is 54.1 Å². The first-order valence-electron chi connectivity index (χ1n) is 9.62. The van der Waals surface area contributed by atoms with Crippen molar-refractivity contribution in [2.24, 2.45) is 0 Å². The molecule has 2 atom stereocenters. The van der Waals surface area contributed by atoms with Crippen LogP contribution in [0.25, 0.3) is 10.9 Å². The molecule has 1 aromatic heterocycles. The Bertz CT molecular complexity index is 957. The van der Waals surface area contributed by atoms with Crippen molar-refractivity contribution in [2.75, 3.05) is 18.0 Å². The highest BCUT2D eigenvalue weighted by atomic mass is 16.4. The summed E-state index contributed by atoms with van der Waals surface area (Å²) in [5.41, 5.74) is 5.54. The predicted molar refractivity (Wildman–Crippen MR) is 105 cm³/mol. The van der Waals surface area contributed by atoms with E-state index in [4.69, 9.17) is 0 Å². The average molecular weight is 363 g/mol. The van der Waals surface area contributed by atoms with Crippen LogP contribution in [0.3, 0.4) is 0 Å². The third-order valence-electron chi connectivity index (χ3n) is 5.69. The van der Waals surface area contributed by atoms with Gasteiger partial charge in [0.1, 0.15) is 6.04 Å². The van der Waals surface area contributed by atoms with E-state index in [9.17, 15) is 9.90 Å². The molecule has 0 saturated heterocycles. The number of benzene rings is 2. The molecular weight excluding hydrogens is 338 g/mol. The molecule has 1 aliphatic rings. The topological polar surface area (TPSA) is 75.8 Å². The number of carbonyl (C=O) groups excluding carboxylic acids is 1. The van der Waals surface area contributed by atoms with Gasteiger partial charge in [-0.05, 0) is 37.6 Å². The summed E-state index contributed by atoms with van der Waals surface area (Å²) in [7, 11) is 0. The summed E-state index contributed by atoms with van der Waals surface area (Å²) in [4.78, 5) is 17.5. The van der Waals surface area contributed by atoms with Crippen molar-refractivity contribution in [1.82, 2.24) is 4.98 Å². The Morgan fingerprint density at radius 3 is 2.52 bits per heavy atom. The lowest BCUT2D eigenvalue weighted by molar-refractivity contribution is -0.717. The zero-order valence-electron chi connectivity index (χ0n) is 15.7. The number of nitrogens with zero attached hydrogens (tertiary/aromatic N) is 1. The van der Waals surface area contributed by atoms with Gasteiger partial charge in [-0.1, -0.05) is 30.3 Å². The summed E-state index contributed by atoms with van der Waals surface area (Å²) in [6.45, 7) is 6.22. The Hall–Kier alpha value is -2.79. The molecule has 0 aliphatic carbocycles. The molecule has 0 fully saturated rings. The molecule has 0 unspecified atom stereocenters. The van der Waals surface area contributed by atoms with Gasteiger partial charge < -0.3 is 25.1 Å². The predicted octanol–water partition coefficient (Wildman–Crippen LogP) is 1.34. The minimum absolute atomic E-state index is 0.0743. The fraction of sp³-hybridized carbons (Fsp3) is 0.318. The molecule has 0 spiro atoms. The van der Waals surface area contributed by atoms with Crippen LogP contribution < -0.4 is 15.3 Å². The number of aliphatic carboxylic acids is 1. The van der Waals surface area contributed by atoms with E-state index in [1.807, 2.05) is 23.5 Å². The van der Waals surface area contributed by atoms with Crippen molar-refractivity contribution in [1.29, 1.82) is 0 Å². The number of aromatic nitrogens is 1. The zero-order valence-corrected chi connectivity index (χ0v) is 15.7. The molecule has 0 amide bonds. The van der Waals surface area contributed by atoms with Gasteiger partial charge in [0.25, 0.3) is 0 Å². The number of rotatable bonds is 5. The van der Waals surface area contributed by atoms with Crippen molar-refractivity contribution < 1.29 is 15.2 Å². The van der Waals surface area contributed by atoms with E-state index in [-0.39, 0.29) is 6.04 Å². The number of nitrogens with two attached hydrogens (primary N) is 1. The van der Waals surface area contributed by atoms with Crippen molar-refractivity contribution in [2.45, 2.75) is 32.4 Å². The second-order valence-corrected chi connectivity index (χ2v) is 7.13. The molecule has 2 heterocycles. The Labute approximate surface area is 159 Å². The van der Waals surface area contributed by atoms with E-state index in [0.717, 1.165) is 40.8 Å². The fourth-order valence-electron chi connectivity index (χ4n) is 4.24. The Morgan fingerprint density at radius 2 is 1.85 bits per heavy atom. The van der Waals surface area contributed by atoms with Crippen LogP contribution in [0.1, 0.15) is 36.7 Å². The summed E-state index contributed by atoms with van der Waals surface area (Å²) in [5.74, 6) is -1.00. The van der Waals surface area contributed by atoms with Gasteiger partial charge in [-0.2, -0.15) is 0 Å². The van der Waals surface area contributed by atoms with Crippen molar-refractivity contribution >= 4 is 22.6 Å². The lowest BCUT2D eigenvalue weighted by Crippen LogP contribution is -2.95. The maximum Gasteiger partial charge on any atom is 0.153 e. The maximum absolute atomic E-state index is 11.7. The van der Waals surface area contributed by atoms with E-state index in [1.54, 1.807) is 0 Å². The van der Waals surface area contributed by atoms with E-state index < -0.39 is 12.0 Å². The number of aromatic amines is 1. The van der Waals surface area contributed by atoms with Crippen LogP contribution in [-0.2, 0) is 11.2 Å². The second kappa shape index (κ2) is 7.08. The average Bonchev–Trinajstić information content (AvgIpc) is 3.07. The molecule has 140 valence electrons. The first-order valence-corrected chi connectivity index (χ1v) is 9.62. The molecule has 0 saturated carbocycles. The smallest absolute Gasteiger partial charge is 0.153 e. The van der Waals surface area contributed by atoms with Crippen molar-refractivity contribution in [3.05, 3.63) is 65.4 Å². The van der Waals surface area contributed by atoms with Gasteiger partial charge in [0.15, 0.2) is 6.04 Å². The molecule has 2 aromatic carbocycles. The number of para-hydroxylation sites is 1. The molecule has 5 heteroatoms. The van der Waals surface area contributed by atoms with E-state index in [1.165, 1.54) is 5.69 Å². The fourth-order valence-corrected chi connectivity index (χ4v) is 4.24. The summed E-state index contributed by atoms with van der Waals surface area (Å²) in [6, 6.07) is 15.9.